The lowest BCUT2D eigenvalue weighted by atomic mass is 9.80. The van der Waals surface area contributed by atoms with Crippen molar-refractivity contribution in [2.75, 3.05) is 0 Å². The Hall–Kier alpha value is -17.2. The summed E-state index contributed by atoms with van der Waals surface area (Å²) in [7, 11) is 0. The third-order valence-electron chi connectivity index (χ3n) is 30.5. The summed E-state index contributed by atoms with van der Waals surface area (Å²) in [6.07, 6.45) is 3.81. The smallest absolute Gasteiger partial charge is 0.0972 e. The second-order valence-electron chi connectivity index (χ2n) is 39.1. The molecule has 139 heavy (non-hydrogen) atoms. The Labute approximate surface area is 808 Å². The zero-order valence-electron chi connectivity index (χ0n) is 78.2. The Bertz CT molecular complexity index is 9400. The number of hydrogen-bond donors (Lipinski definition) is 0. The molecule has 0 spiro atoms. The number of nitrogens with zero attached hydrogens (tertiary/aromatic N) is 4. The first-order valence-electron chi connectivity index (χ1n) is 48.5. The van der Waals surface area contributed by atoms with Crippen LogP contribution in [0.25, 0.3) is 242 Å². The largest absolute Gasteiger partial charge is 0.256 e. The van der Waals surface area contributed by atoms with E-state index in [4.69, 9.17) is 19.9 Å². The number of hydrogen-bond acceptors (Lipinski definition) is 4. The third-order valence-corrected chi connectivity index (χ3v) is 30.5. The van der Waals surface area contributed by atoms with Crippen molar-refractivity contribution in [3.63, 3.8) is 0 Å². The van der Waals surface area contributed by atoms with Gasteiger partial charge in [0.15, 0.2) is 0 Å². The van der Waals surface area contributed by atoms with Gasteiger partial charge < -0.3 is 0 Å². The Morgan fingerprint density at radius 2 is 0.482 bits per heavy atom. The van der Waals surface area contributed by atoms with Gasteiger partial charge >= 0.3 is 0 Å². The van der Waals surface area contributed by atoms with Crippen LogP contribution in [0.3, 0.4) is 0 Å². The van der Waals surface area contributed by atoms with Gasteiger partial charge in [-0.15, -0.1) is 0 Å². The van der Waals surface area contributed by atoms with Gasteiger partial charge in [-0.1, -0.05) is 442 Å². The van der Waals surface area contributed by atoms with Crippen molar-refractivity contribution in [1.82, 2.24) is 19.9 Å². The molecule has 0 fully saturated rings. The summed E-state index contributed by atoms with van der Waals surface area (Å²) in [6, 6.07) is 164. The number of benzene rings is 21. The molecule has 0 aliphatic heterocycles. The van der Waals surface area contributed by atoms with Crippen molar-refractivity contribution >= 4 is 108 Å². The van der Waals surface area contributed by atoms with E-state index in [0.29, 0.717) is 0 Å². The molecule has 3 aliphatic rings. The molecule has 0 saturated carbocycles. The number of aromatic nitrogens is 4. The molecule has 0 atom stereocenters. The fraction of sp³-hybridized carbons (Fsp3) is 0.0667. The molecule has 0 saturated heterocycles. The highest BCUT2D eigenvalue weighted by Crippen LogP contribution is 2.60. The highest BCUT2D eigenvalue weighted by atomic mass is 14.8. The molecule has 3 aliphatic carbocycles. The number of rotatable bonds is 9. The predicted molar refractivity (Wildman–Crippen MR) is 587 cm³/mol. The van der Waals surface area contributed by atoms with E-state index in [9.17, 15) is 0 Å². The SMILES string of the molecule is CC1(C)c2ccccc2-c2c(-c3c4ccccc4c(-c4ccc5ccc6cccnc6c5n4)c4ccc(-c5ccccc5)cc34)cccc21.CC1(C)c2ccccc2-c2c(-c3c4ccccc4c(-c4ccc5ccccc5n4)c4ccc(-c5ccccc5)cc34)cccc21.CC1(C)c2ccccc2-c2c(-c3c4ccccc4c(-c4nccc5ccccc45)c4ccc(-c5ccccc5)cc34)cccc21. The number of pyridine rings is 4. The Morgan fingerprint density at radius 3 is 0.928 bits per heavy atom. The van der Waals surface area contributed by atoms with Gasteiger partial charge in [-0.25, -0.2) is 9.97 Å². The van der Waals surface area contributed by atoms with Crippen molar-refractivity contribution < 1.29 is 0 Å². The van der Waals surface area contributed by atoms with Crippen molar-refractivity contribution in [1.29, 1.82) is 0 Å². The first-order valence-corrected chi connectivity index (χ1v) is 48.5. The summed E-state index contributed by atoms with van der Waals surface area (Å²) < 4.78 is 0. The molecule has 4 heterocycles. The van der Waals surface area contributed by atoms with Crippen LogP contribution in [0.1, 0.15) is 74.9 Å². The van der Waals surface area contributed by atoms with Gasteiger partial charge in [-0.05, 0) is 252 Å². The molecule has 0 unspecified atom stereocenters. The average molecular weight is 1770 g/mol. The van der Waals surface area contributed by atoms with Crippen molar-refractivity contribution in [3.8, 4) is 134 Å². The fourth-order valence-corrected chi connectivity index (χ4v) is 23.9. The molecule has 0 amide bonds. The van der Waals surface area contributed by atoms with Crippen LogP contribution in [0.15, 0.2) is 461 Å². The molecule has 0 bridgehead atoms. The summed E-state index contributed by atoms with van der Waals surface area (Å²) in [4.78, 5) is 20.5. The lowest BCUT2D eigenvalue weighted by Crippen LogP contribution is -2.14. The topological polar surface area (TPSA) is 51.6 Å². The second kappa shape index (κ2) is 32.6. The average Bonchev–Trinajstić information content (AvgIpc) is 1.59. The van der Waals surface area contributed by atoms with Crippen LogP contribution < -0.4 is 0 Å². The zero-order chi connectivity index (χ0) is 92.9. The second-order valence-corrected chi connectivity index (χ2v) is 39.1. The van der Waals surface area contributed by atoms with Crippen LogP contribution >= 0.6 is 0 Å². The normalized spacial score (nSPS) is 13.3. The van der Waals surface area contributed by atoms with Gasteiger partial charge in [-0.2, -0.15) is 0 Å². The van der Waals surface area contributed by atoms with Crippen LogP contribution in [0.2, 0.25) is 0 Å². The Balaban J connectivity index is 0.000000108. The first-order chi connectivity index (χ1) is 68.3. The molecule has 21 aromatic carbocycles. The minimum absolute atomic E-state index is 0.0717. The summed E-state index contributed by atoms with van der Waals surface area (Å²) in [5.41, 5.74) is 40.4. The minimum Gasteiger partial charge on any atom is -0.256 e. The van der Waals surface area contributed by atoms with E-state index in [0.717, 1.165) is 55.4 Å². The monoisotopic (exact) mass is 1770 g/mol. The van der Waals surface area contributed by atoms with Gasteiger partial charge in [-0.3, -0.25) is 9.97 Å². The van der Waals surface area contributed by atoms with Crippen molar-refractivity contribution in [2.24, 2.45) is 0 Å². The van der Waals surface area contributed by atoms with Crippen LogP contribution in [-0.2, 0) is 16.2 Å². The van der Waals surface area contributed by atoms with E-state index in [-0.39, 0.29) is 16.2 Å². The summed E-state index contributed by atoms with van der Waals surface area (Å²) in [5.74, 6) is 0. The summed E-state index contributed by atoms with van der Waals surface area (Å²) in [5, 5.41) is 20.4. The van der Waals surface area contributed by atoms with E-state index < -0.39 is 0 Å². The molecular formula is C135H94N4. The molecule has 4 heteroatoms. The van der Waals surface area contributed by atoms with Gasteiger partial charge in [0.1, 0.15) is 0 Å². The van der Waals surface area contributed by atoms with Crippen LogP contribution in [0, 0.1) is 0 Å². The summed E-state index contributed by atoms with van der Waals surface area (Å²) in [6.45, 7) is 14.2. The van der Waals surface area contributed by atoms with E-state index >= 15 is 0 Å². The van der Waals surface area contributed by atoms with Gasteiger partial charge in [0.25, 0.3) is 0 Å². The van der Waals surface area contributed by atoms with Crippen molar-refractivity contribution in [2.45, 2.75) is 57.8 Å². The van der Waals surface area contributed by atoms with E-state index in [1.165, 1.54) is 220 Å². The molecule has 0 radical (unpaired) electrons. The Kier molecular flexibility index (Phi) is 19.3. The fourth-order valence-electron chi connectivity index (χ4n) is 23.9. The lowest BCUT2D eigenvalue weighted by Gasteiger charge is -2.23. The molecule has 4 aromatic heterocycles. The highest BCUT2D eigenvalue weighted by Gasteiger charge is 2.41. The zero-order valence-corrected chi connectivity index (χ0v) is 78.2. The maximum atomic E-state index is 5.40. The van der Waals surface area contributed by atoms with Gasteiger partial charge in [0.05, 0.1) is 33.6 Å². The molecule has 654 valence electrons. The quantitative estimate of drug-likeness (QED) is 0.107. The third kappa shape index (κ3) is 13.2. The summed E-state index contributed by atoms with van der Waals surface area (Å²) >= 11 is 0. The molecule has 28 rings (SSSR count). The molecule has 25 aromatic rings. The molecular weight excluding hydrogens is 1680 g/mol. The maximum absolute atomic E-state index is 5.40. The Morgan fingerprint density at radius 1 is 0.165 bits per heavy atom. The van der Waals surface area contributed by atoms with E-state index in [1.807, 2.05) is 18.5 Å². The minimum atomic E-state index is -0.0888. The van der Waals surface area contributed by atoms with Crippen LogP contribution in [0.4, 0.5) is 0 Å². The molecule has 0 N–H and O–H groups in total. The molecule has 4 nitrogen and oxygen atoms in total. The van der Waals surface area contributed by atoms with Crippen molar-refractivity contribution in [3.05, 3.63) is 495 Å². The maximum Gasteiger partial charge on any atom is 0.0972 e. The van der Waals surface area contributed by atoms with Gasteiger partial charge in [0, 0.05) is 66.9 Å². The highest BCUT2D eigenvalue weighted by molar-refractivity contribution is 6.28. The van der Waals surface area contributed by atoms with E-state index in [2.05, 4.69) is 484 Å². The number of para-hydroxylation sites is 1. The van der Waals surface area contributed by atoms with Crippen LogP contribution in [0.5, 0.6) is 0 Å². The van der Waals surface area contributed by atoms with Crippen LogP contribution in [-0.4, -0.2) is 19.9 Å². The first kappa shape index (κ1) is 82.5. The predicted octanol–water partition coefficient (Wildman–Crippen LogP) is 36.1. The van der Waals surface area contributed by atoms with E-state index in [1.54, 1.807) is 0 Å². The lowest BCUT2D eigenvalue weighted by molar-refractivity contribution is 0.660. The number of fused-ring (bicyclic) bond motifs is 20. The standard InChI is InChI=1S/C47H32N2.2C44H31N/c1-47(2)39-19-9-8-17-36(39)43-37(18-10-20-40(43)47)42-33-15-6-7-16-34(33)44(35-25-23-32(28-38(35)42)29-12-4-3-5-13-29)41-26-24-31-22-21-30-14-11-27-48-45(30)46(31)49-41;1-44(2)37-20-10-9-18-34(37)42-35(19-12-21-38(42)44)41-31-16-7-8-17-32(31)43(40-26-24-29-15-6-11-22-39(29)45-40)33-25-23-30(27-36(33)41)28-13-4-3-5-14-28;1-44(2)38-21-11-10-19-35(38)41-36(20-12-22-39(41)44)40-32-17-8-9-18-33(32)42(43-31-16-7-6-15-29(31)25-26-45-43)34-24-23-30(27-37(34)40)28-13-4-3-5-14-28/h3-28H,1-2H3;2*3-27H,1-2H3. The van der Waals surface area contributed by atoms with Gasteiger partial charge in [0.2, 0.25) is 0 Å².